The molecule has 0 saturated heterocycles. The summed E-state index contributed by atoms with van der Waals surface area (Å²) in [7, 11) is 0. The van der Waals surface area contributed by atoms with Crippen LogP contribution >= 0.6 is 0 Å². The van der Waals surface area contributed by atoms with Crippen LogP contribution in [0.25, 0.3) is 0 Å². The van der Waals surface area contributed by atoms with Crippen LogP contribution in [0.1, 0.15) is 32.2 Å². The van der Waals surface area contributed by atoms with E-state index in [1.165, 1.54) is 4.90 Å². The number of ether oxygens (including phenoxy) is 1. The number of H-pyrrole nitrogens is 1. The Labute approximate surface area is 98.6 Å². The van der Waals surface area contributed by atoms with E-state index in [0.717, 1.165) is 5.69 Å². The Hall–Kier alpha value is -1.72. The molecule has 0 bridgehead atoms. The van der Waals surface area contributed by atoms with E-state index in [4.69, 9.17) is 9.15 Å². The molecule has 1 aromatic rings. The zero-order valence-corrected chi connectivity index (χ0v) is 10.2. The molecule has 0 aliphatic carbocycles. The molecule has 2 heterocycles. The average Bonchev–Trinajstić information content (AvgIpc) is 2.53. The number of hydrogen-bond acceptors (Lipinski definition) is 4. The van der Waals surface area contributed by atoms with Crippen molar-refractivity contribution in [3.63, 3.8) is 0 Å². The lowest BCUT2D eigenvalue weighted by Crippen LogP contribution is -2.39. The lowest BCUT2D eigenvalue weighted by molar-refractivity contribution is 0.0208. The molecule has 2 rings (SSSR count). The number of nitrogens with zero attached hydrogens (tertiary/aromatic N) is 1. The summed E-state index contributed by atoms with van der Waals surface area (Å²) in [5.74, 6) is 0.0492. The lowest BCUT2D eigenvalue weighted by Gasteiger charge is -2.28. The number of carbonyl (C=O) groups excluding carboxylic acids is 1. The van der Waals surface area contributed by atoms with Crippen molar-refractivity contribution in [1.29, 1.82) is 0 Å². The van der Waals surface area contributed by atoms with Gasteiger partial charge in [0.15, 0.2) is 0 Å². The van der Waals surface area contributed by atoms with Gasteiger partial charge in [0.2, 0.25) is 0 Å². The van der Waals surface area contributed by atoms with Crippen LogP contribution in [0.5, 0.6) is 0 Å². The first-order valence-electron chi connectivity index (χ1n) is 5.54. The molecule has 1 aliphatic heterocycles. The molecule has 94 valence electrons. The van der Waals surface area contributed by atoms with Gasteiger partial charge in [-0.25, -0.2) is 9.59 Å². The SMILES string of the molecule is CC(C)(C)OC(=O)N1CCc2[nH]c(=O)oc2C1. The van der Waals surface area contributed by atoms with E-state index >= 15 is 0 Å². The molecule has 6 heteroatoms. The third-order valence-electron chi connectivity index (χ3n) is 2.42. The Bertz CT molecular complexity index is 480. The Balaban J connectivity index is 2.07. The van der Waals surface area contributed by atoms with Crippen molar-refractivity contribution in [3.05, 3.63) is 22.0 Å². The number of carbonyl (C=O) groups is 1. The van der Waals surface area contributed by atoms with Gasteiger partial charge in [-0.05, 0) is 20.8 Å². The molecular formula is C11H16N2O4. The number of rotatable bonds is 0. The number of aromatic amines is 1. The van der Waals surface area contributed by atoms with Crippen molar-refractivity contribution in [1.82, 2.24) is 9.88 Å². The van der Waals surface area contributed by atoms with Crippen LogP contribution < -0.4 is 5.76 Å². The number of oxazole rings is 1. The zero-order chi connectivity index (χ0) is 12.6. The summed E-state index contributed by atoms with van der Waals surface area (Å²) in [6.07, 6.45) is 0.201. The van der Waals surface area contributed by atoms with E-state index in [9.17, 15) is 9.59 Å². The molecule has 0 spiro atoms. The van der Waals surface area contributed by atoms with Crippen molar-refractivity contribution in [2.45, 2.75) is 39.3 Å². The van der Waals surface area contributed by atoms with Gasteiger partial charge in [0, 0.05) is 13.0 Å². The second kappa shape index (κ2) is 3.94. The van der Waals surface area contributed by atoms with Crippen LogP contribution in [0.4, 0.5) is 4.79 Å². The summed E-state index contributed by atoms with van der Waals surface area (Å²) >= 11 is 0. The third-order valence-corrected chi connectivity index (χ3v) is 2.42. The Morgan fingerprint density at radius 1 is 1.47 bits per heavy atom. The predicted molar refractivity (Wildman–Crippen MR) is 59.7 cm³/mol. The zero-order valence-electron chi connectivity index (χ0n) is 10.2. The van der Waals surface area contributed by atoms with Gasteiger partial charge in [-0.15, -0.1) is 0 Å². The number of amides is 1. The minimum absolute atomic E-state index is 0.281. The van der Waals surface area contributed by atoms with Crippen molar-refractivity contribution in [3.8, 4) is 0 Å². The van der Waals surface area contributed by atoms with Crippen LogP contribution in [0, 0.1) is 0 Å². The highest BCUT2D eigenvalue weighted by Crippen LogP contribution is 2.18. The molecule has 0 unspecified atom stereocenters. The molecular weight excluding hydrogens is 224 g/mol. The van der Waals surface area contributed by atoms with E-state index in [1.54, 1.807) is 0 Å². The molecule has 1 amide bonds. The van der Waals surface area contributed by atoms with Crippen LogP contribution in [-0.2, 0) is 17.7 Å². The first-order valence-corrected chi connectivity index (χ1v) is 5.54. The van der Waals surface area contributed by atoms with Gasteiger partial charge >= 0.3 is 11.8 Å². The van der Waals surface area contributed by atoms with Crippen molar-refractivity contribution in [2.24, 2.45) is 0 Å². The molecule has 0 radical (unpaired) electrons. The Morgan fingerprint density at radius 3 is 2.82 bits per heavy atom. The number of nitrogens with one attached hydrogen (secondary N) is 1. The molecule has 6 nitrogen and oxygen atoms in total. The van der Waals surface area contributed by atoms with Crippen molar-refractivity contribution in [2.75, 3.05) is 6.54 Å². The summed E-state index contributed by atoms with van der Waals surface area (Å²) in [5.41, 5.74) is 0.255. The van der Waals surface area contributed by atoms with Crippen LogP contribution in [0.2, 0.25) is 0 Å². The summed E-state index contributed by atoms with van der Waals surface area (Å²) in [5, 5.41) is 0. The highest BCUT2D eigenvalue weighted by molar-refractivity contribution is 5.68. The summed E-state index contributed by atoms with van der Waals surface area (Å²) in [6, 6.07) is 0. The largest absolute Gasteiger partial charge is 0.444 e. The fourth-order valence-electron chi connectivity index (χ4n) is 1.70. The van der Waals surface area contributed by atoms with Gasteiger partial charge in [-0.2, -0.15) is 0 Å². The molecule has 1 aliphatic rings. The van der Waals surface area contributed by atoms with Gasteiger partial charge < -0.3 is 14.1 Å². The molecule has 0 atom stereocenters. The maximum atomic E-state index is 11.8. The Kier molecular flexibility index (Phi) is 2.73. The first kappa shape index (κ1) is 11.8. The normalized spacial score (nSPS) is 15.6. The van der Waals surface area contributed by atoms with E-state index in [2.05, 4.69) is 4.98 Å². The highest BCUT2D eigenvalue weighted by atomic mass is 16.6. The second-order valence-corrected chi connectivity index (χ2v) is 5.07. The topological polar surface area (TPSA) is 75.5 Å². The third kappa shape index (κ3) is 2.69. The smallest absolute Gasteiger partial charge is 0.416 e. The molecule has 1 N–H and O–H groups in total. The van der Waals surface area contributed by atoms with Crippen LogP contribution in [0.3, 0.4) is 0 Å². The minimum atomic E-state index is -0.518. The van der Waals surface area contributed by atoms with Gasteiger partial charge in [0.1, 0.15) is 11.4 Å². The van der Waals surface area contributed by atoms with Crippen molar-refractivity contribution < 1.29 is 13.9 Å². The quantitative estimate of drug-likeness (QED) is 0.740. The minimum Gasteiger partial charge on any atom is -0.444 e. The fourth-order valence-corrected chi connectivity index (χ4v) is 1.70. The average molecular weight is 240 g/mol. The van der Waals surface area contributed by atoms with Crippen molar-refractivity contribution >= 4 is 6.09 Å². The molecule has 17 heavy (non-hydrogen) atoms. The van der Waals surface area contributed by atoms with Gasteiger partial charge in [-0.1, -0.05) is 0 Å². The van der Waals surface area contributed by atoms with Crippen LogP contribution in [0.15, 0.2) is 9.21 Å². The fraction of sp³-hybridized carbons (Fsp3) is 0.636. The molecule has 0 fully saturated rings. The maximum Gasteiger partial charge on any atom is 0.416 e. The van der Waals surface area contributed by atoms with E-state index in [-0.39, 0.29) is 12.6 Å². The standard InChI is InChI=1S/C11H16N2O4/c1-11(2,3)17-10(15)13-5-4-7-8(6-13)16-9(14)12-7/h4-6H2,1-3H3,(H,12,14). The van der Waals surface area contributed by atoms with E-state index in [0.29, 0.717) is 18.7 Å². The maximum absolute atomic E-state index is 11.8. The summed E-state index contributed by atoms with van der Waals surface area (Å²) < 4.78 is 10.2. The van der Waals surface area contributed by atoms with Gasteiger partial charge in [0.05, 0.1) is 12.2 Å². The van der Waals surface area contributed by atoms with Crippen LogP contribution in [-0.4, -0.2) is 28.1 Å². The lowest BCUT2D eigenvalue weighted by atomic mass is 10.1. The second-order valence-electron chi connectivity index (χ2n) is 5.07. The first-order chi connectivity index (χ1) is 7.85. The molecule has 1 aromatic heterocycles. The Morgan fingerprint density at radius 2 is 2.18 bits per heavy atom. The highest BCUT2D eigenvalue weighted by Gasteiger charge is 2.27. The number of hydrogen-bond donors (Lipinski definition) is 1. The van der Waals surface area contributed by atoms with Gasteiger partial charge in [-0.3, -0.25) is 4.98 Å². The molecule has 0 saturated carbocycles. The number of fused-ring (bicyclic) bond motifs is 1. The predicted octanol–water partition coefficient (Wildman–Crippen LogP) is 1.26. The summed E-state index contributed by atoms with van der Waals surface area (Å²) in [4.78, 5) is 26.9. The van der Waals surface area contributed by atoms with Gasteiger partial charge in [0.25, 0.3) is 0 Å². The van der Waals surface area contributed by atoms with E-state index < -0.39 is 11.4 Å². The summed E-state index contributed by atoms with van der Waals surface area (Å²) in [6.45, 7) is 6.25. The number of aromatic nitrogens is 1. The molecule has 0 aromatic carbocycles. The van der Waals surface area contributed by atoms with E-state index in [1.807, 2.05) is 20.8 Å². The monoisotopic (exact) mass is 240 g/mol.